The molecule has 0 bridgehead atoms. The number of likely N-dealkylation sites (tertiary alicyclic amines) is 1. The monoisotopic (exact) mass is 332 g/mol. The summed E-state index contributed by atoms with van der Waals surface area (Å²) < 4.78 is 4.79. The number of carbonyl (C=O) groups excluding carboxylic acids is 2. The van der Waals surface area contributed by atoms with Gasteiger partial charge in [0, 0.05) is 19.3 Å². The van der Waals surface area contributed by atoms with Gasteiger partial charge in [-0.15, -0.1) is 0 Å². The number of amides is 3. The number of anilines is 1. The largest absolute Gasteiger partial charge is 0.453 e. The summed E-state index contributed by atoms with van der Waals surface area (Å²) in [5, 5.41) is 5.43. The van der Waals surface area contributed by atoms with E-state index in [0.29, 0.717) is 30.1 Å². The molecular weight excluding hydrogens is 312 g/mol. The van der Waals surface area contributed by atoms with Gasteiger partial charge in [-0.3, -0.25) is 5.32 Å². The minimum atomic E-state index is -0.380. The Bertz CT molecular complexity index is 731. The minimum Gasteiger partial charge on any atom is -0.453 e. The number of nitrogens with zero attached hydrogens (tertiary/aromatic N) is 3. The summed E-state index contributed by atoms with van der Waals surface area (Å²) in [6.07, 6.45) is 5.68. The standard InChI is InChI=1S/C15H20N6O3/c1-24-15(23)21-7-3-2-4-10(21)8-18-14(22)20-12-9-17-13-11(19-12)5-6-16-13/h5-6,9-10H,2-4,7-8H2,1H3,(H,16,17)(H2,18,19,20,22). The zero-order valence-electron chi connectivity index (χ0n) is 13.4. The van der Waals surface area contributed by atoms with Crippen molar-refractivity contribution in [2.75, 3.05) is 25.5 Å². The average Bonchev–Trinajstić information content (AvgIpc) is 3.07. The molecule has 24 heavy (non-hydrogen) atoms. The predicted molar refractivity (Wildman–Crippen MR) is 87.7 cm³/mol. The number of aromatic nitrogens is 3. The van der Waals surface area contributed by atoms with Crippen LogP contribution in [0.25, 0.3) is 11.2 Å². The van der Waals surface area contributed by atoms with Crippen LogP contribution in [0.2, 0.25) is 0 Å². The van der Waals surface area contributed by atoms with Crippen LogP contribution in [0, 0.1) is 0 Å². The summed E-state index contributed by atoms with van der Waals surface area (Å²) in [7, 11) is 1.37. The number of fused-ring (bicyclic) bond motifs is 1. The number of rotatable bonds is 3. The van der Waals surface area contributed by atoms with Crippen LogP contribution < -0.4 is 10.6 Å². The zero-order valence-corrected chi connectivity index (χ0v) is 13.4. The highest BCUT2D eigenvalue weighted by Gasteiger charge is 2.27. The Morgan fingerprint density at radius 3 is 3.17 bits per heavy atom. The fraction of sp³-hybridized carbons (Fsp3) is 0.467. The van der Waals surface area contributed by atoms with Crippen LogP contribution in [-0.4, -0.2) is 58.2 Å². The fourth-order valence-corrected chi connectivity index (χ4v) is 2.83. The molecule has 3 amide bonds. The molecule has 1 unspecified atom stereocenters. The number of piperidine rings is 1. The molecule has 0 saturated carbocycles. The van der Waals surface area contributed by atoms with E-state index in [1.165, 1.54) is 13.3 Å². The van der Waals surface area contributed by atoms with Gasteiger partial charge in [0.2, 0.25) is 0 Å². The second kappa shape index (κ2) is 7.16. The first-order valence-electron chi connectivity index (χ1n) is 7.87. The number of hydrogen-bond donors (Lipinski definition) is 3. The molecule has 2 aromatic heterocycles. The summed E-state index contributed by atoms with van der Waals surface area (Å²) >= 11 is 0. The normalized spacial score (nSPS) is 17.5. The molecule has 2 aromatic rings. The van der Waals surface area contributed by atoms with Crippen molar-refractivity contribution in [3.8, 4) is 0 Å². The van der Waals surface area contributed by atoms with Crippen molar-refractivity contribution in [2.24, 2.45) is 0 Å². The van der Waals surface area contributed by atoms with E-state index in [9.17, 15) is 9.59 Å². The number of methoxy groups -OCH3 is 1. The second-order valence-corrected chi connectivity index (χ2v) is 5.61. The highest BCUT2D eigenvalue weighted by Crippen LogP contribution is 2.17. The molecule has 9 heteroatoms. The zero-order chi connectivity index (χ0) is 16.9. The molecule has 0 aliphatic carbocycles. The molecule has 3 N–H and O–H groups in total. The van der Waals surface area contributed by atoms with E-state index < -0.39 is 0 Å². The third-order valence-electron chi connectivity index (χ3n) is 4.04. The molecule has 1 atom stereocenters. The first kappa shape index (κ1) is 16.0. The third-order valence-corrected chi connectivity index (χ3v) is 4.04. The molecule has 1 aliphatic rings. The summed E-state index contributed by atoms with van der Waals surface area (Å²) in [5.41, 5.74) is 1.34. The lowest BCUT2D eigenvalue weighted by Crippen LogP contribution is -2.49. The molecule has 1 saturated heterocycles. The van der Waals surface area contributed by atoms with Crippen LogP contribution in [0.1, 0.15) is 19.3 Å². The Labute approximate surface area is 138 Å². The Morgan fingerprint density at radius 1 is 1.46 bits per heavy atom. The summed E-state index contributed by atoms with van der Waals surface area (Å²) in [6.45, 7) is 1.01. The number of aromatic amines is 1. The van der Waals surface area contributed by atoms with Crippen molar-refractivity contribution in [3.63, 3.8) is 0 Å². The van der Waals surface area contributed by atoms with E-state index in [-0.39, 0.29) is 18.2 Å². The second-order valence-electron chi connectivity index (χ2n) is 5.61. The first-order valence-corrected chi connectivity index (χ1v) is 7.87. The Balaban J connectivity index is 1.55. The number of carbonyl (C=O) groups is 2. The predicted octanol–water partition coefficient (Wildman–Crippen LogP) is 1.70. The topological polar surface area (TPSA) is 112 Å². The van der Waals surface area contributed by atoms with Crippen molar-refractivity contribution in [1.82, 2.24) is 25.2 Å². The number of H-pyrrole nitrogens is 1. The van der Waals surface area contributed by atoms with Crippen molar-refractivity contribution in [3.05, 3.63) is 18.5 Å². The van der Waals surface area contributed by atoms with Crippen molar-refractivity contribution in [1.29, 1.82) is 0 Å². The van der Waals surface area contributed by atoms with E-state index in [1.807, 2.05) is 0 Å². The number of nitrogens with one attached hydrogen (secondary N) is 3. The quantitative estimate of drug-likeness (QED) is 0.792. The molecule has 0 radical (unpaired) electrons. The maximum Gasteiger partial charge on any atom is 0.409 e. The van der Waals surface area contributed by atoms with Crippen LogP contribution in [-0.2, 0) is 4.74 Å². The smallest absolute Gasteiger partial charge is 0.409 e. The van der Waals surface area contributed by atoms with E-state index in [4.69, 9.17) is 4.74 Å². The summed E-state index contributed by atoms with van der Waals surface area (Å²) in [6, 6.07) is 1.34. The molecule has 9 nitrogen and oxygen atoms in total. The molecule has 3 rings (SSSR count). The Kier molecular flexibility index (Phi) is 4.78. The van der Waals surface area contributed by atoms with Gasteiger partial charge >= 0.3 is 12.1 Å². The van der Waals surface area contributed by atoms with Crippen LogP contribution in [0.3, 0.4) is 0 Å². The molecule has 0 spiro atoms. The van der Waals surface area contributed by atoms with Crippen molar-refractivity contribution >= 4 is 29.1 Å². The van der Waals surface area contributed by atoms with E-state index in [0.717, 1.165) is 19.3 Å². The van der Waals surface area contributed by atoms with Gasteiger partial charge in [0.05, 0.1) is 19.3 Å². The number of ether oxygens (including phenoxy) is 1. The summed E-state index contributed by atoms with van der Waals surface area (Å²) in [5.74, 6) is 0.369. The molecular formula is C15H20N6O3. The van der Waals surface area contributed by atoms with Crippen LogP contribution in [0.15, 0.2) is 18.5 Å². The highest BCUT2D eigenvalue weighted by atomic mass is 16.5. The van der Waals surface area contributed by atoms with Gasteiger partial charge in [0.15, 0.2) is 11.5 Å². The highest BCUT2D eigenvalue weighted by molar-refractivity contribution is 5.89. The molecule has 3 heterocycles. The SMILES string of the molecule is COC(=O)N1CCCCC1CNC(=O)Nc1cnc2[nH]ccc2n1. The Hall–Kier alpha value is -2.84. The number of hydrogen-bond acceptors (Lipinski definition) is 5. The van der Waals surface area contributed by atoms with Gasteiger partial charge in [-0.2, -0.15) is 0 Å². The Morgan fingerprint density at radius 2 is 2.33 bits per heavy atom. The van der Waals surface area contributed by atoms with Gasteiger partial charge in [0.25, 0.3) is 0 Å². The molecule has 128 valence electrons. The van der Waals surface area contributed by atoms with Gasteiger partial charge in [-0.25, -0.2) is 19.6 Å². The van der Waals surface area contributed by atoms with Crippen LogP contribution in [0.4, 0.5) is 15.4 Å². The van der Waals surface area contributed by atoms with Gasteiger partial charge in [-0.05, 0) is 25.3 Å². The minimum absolute atomic E-state index is 0.0600. The lowest BCUT2D eigenvalue weighted by molar-refractivity contribution is 0.0898. The molecule has 0 aromatic carbocycles. The third kappa shape index (κ3) is 3.55. The van der Waals surface area contributed by atoms with Gasteiger partial charge in [-0.1, -0.05) is 0 Å². The van der Waals surface area contributed by atoms with Crippen molar-refractivity contribution < 1.29 is 14.3 Å². The van der Waals surface area contributed by atoms with E-state index >= 15 is 0 Å². The summed E-state index contributed by atoms with van der Waals surface area (Å²) in [4.78, 5) is 36.8. The maximum absolute atomic E-state index is 12.0. The van der Waals surface area contributed by atoms with Crippen molar-refractivity contribution in [2.45, 2.75) is 25.3 Å². The van der Waals surface area contributed by atoms with E-state index in [1.54, 1.807) is 17.2 Å². The fourth-order valence-electron chi connectivity index (χ4n) is 2.83. The van der Waals surface area contributed by atoms with Gasteiger partial charge in [0.1, 0.15) is 5.52 Å². The first-order chi connectivity index (χ1) is 11.7. The molecule has 1 fully saturated rings. The molecule has 1 aliphatic heterocycles. The van der Waals surface area contributed by atoms with Crippen LogP contribution in [0.5, 0.6) is 0 Å². The van der Waals surface area contributed by atoms with E-state index in [2.05, 4.69) is 25.6 Å². The van der Waals surface area contributed by atoms with Gasteiger partial charge < -0.3 is 19.9 Å². The maximum atomic E-state index is 12.0. The lowest BCUT2D eigenvalue weighted by atomic mass is 10.0. The average molecular weight is 332 g/mol. The van der Waals surface area contributed by atoms with Crippen LogP contribution >= 0.6 is 0 Å². The number of urea groups is 1. The lowest BCUT2D eigenvalue weighted by Gasteiger charge is -2.34.